The van der Waals surface area contributed by atoms with Crippen LogP contribution >= 0.6 is 11.3 Å². The quantitative estimate of drug-likeness (QED) is 0.833. The molecule has 0 saturated carbocycles. The van der Waals surface area contributed by atoms with E-state index in [2.05, 4.69) is 22.1 Å². The van der Waals surface area contributed by atoms with Crippen LogP contribution in [-0.4, -0.2) is 48.8 Å². The fourth-order valence-corrected chi connectivity index (χ4v) is 2.54. The second-order valence-electron chi connectivity index (χ2n) is 3.93. The molecule has 0 spiro atoms. The van der Waals surface area contributed by atoms with Gasteiger partial charge in [0.25, 0.3) is 0 Å². The van der Waals surface area contributed by atoms with Crippen LogP contribution in [0.5, 0.6) is 0 Å². The minimum atomic E-state index is 0.484. The van der Waals surface area contributed by atoms with Crippen molar-refractivity contribution in [1.29, 1.82) is 0 Å². The monoisotopic (exact) mass is 241 g/mol. The van der Waals surface area contributed by atoms with Gasteiger partial charge in [0.2, 0.25) is 0 Å². The summed E-state index contributed by atoms with van der Waals surface area (Å²) in [6.45, 7) is 7.79. The van der Waals surface area contributed by atoms with Gasteiger partial charge in [0, 0.05) is 30.7 Å². The molecule has 0 bridgehead atoms. The average Bonchev–Trinajstić information content (AvgIpc) is 2.81. The number of hydrogen-bond donors (Lipinski definition) is 1. The Kier molecular flexibility index (Phi) is 4.71. The Bertz CT molecular complexity index is 291. The van der Waals surface area contributed by atoms with E-state index in [-0.39, 0.29) is 0 Å². The van der Waals surface area contributed by atoms with Crippen molar-refractivity contribution in [3.63, 3.8) is 0 Å². The van der Waals surface area contributed by atoms with Crippen molar-refractivity contribution in [2.45, 2.75) is 19.5 Å². The lowest BCUT2D eigenvalue weighted by Gasteiger charge is -2.35. The van der Waals surface area contributed by atoms with E-state index < -0.39 is 0 Å². The number of aromatic nitrogens is 1. The largest absolute Gasteiger partial charge is 0.378 e. The van der Waals surface area contributed by atoms with Gasteiger partial charge in [-0.1, -0.05) is 6.92 Å². The molecular weight excluding hydrogens is 222 g/mol. The van der Waals surface area contributed by atoms with Crippen LogP contribution in [0.3, 0.4) is 0 Å². The minimum Gasteiger partial charge on any atom is -0.378 e. The summed E-state index contributed by atoms with van der Waals surface area (Å²) in [6, 6.07) is 0.484. The minimum absolute atomic E-state index is 0.484. The number of nitrogens with zero attached hydrogens (tertiary/aromatic N) is 2. The van der Waals surface area contributed by atoms with Gasteiger partial charge in [0.1, 0.15) is 5.01 Å². The summed E-state index contributed by atoms with van der Waals surface area (Å²) in [5.74, 6) is 0. The smallest absolute Gasteiger partial charge is 0.107 e. The third-order valence-electron chi connectivity index (χ3n) is 2.80. The normalized spacial score (nSPS) is 22.4. The summed E-state index contributed by atoms with van der Waals surface area (Å²) in [5, 5.41) is 6.62. The summed E-state index contributed by atoms with van der Waals surface area (Å²) in [4.78, 5) is 6.80. The Balaban J connectivity index is 1.88. The van der Waals surface area contributed by atoms with Crippen LogP contribution in [0.1, 0.15) is 11.9 Å². The van der Waals surface area contributed by atoms with Crippen LogP contribution in [-0.2, 0) is 11.3 Å². The average molecular weight is 241 g/mol. The van der Waals surface area contributed by atoms with E-state index in [0.29, 0.717) is 6.04 Å². The zero-order valence-corrected chi connectivity index (χ0v) is 10.5. The molecule has 5 heteroatoms. The molecule has 1 saturated heterocycles. The molecule has 1 unspecified atom stereocenters. The Morgan fingerprint density at radius 2 is 2.62 bits per heavy atom. The lowest BCUT2D eigenvalue weighted by Crippen LogP contribution is -2.49. The molecule has 1 aromatic heterocycles. The van der Waals surface area contributed by atoms with Crippen molar-refractivity contribution >= 4 is 11.3 Å². The molecule has 4 nitrogen and oxygen atoms in total. The summed E-state index contributed by atoms with van der Waals surface area (Å²) < 4.78 is 5.53. The van der Waals surface area contributed by atoms with Gasteiger partial charge < -0.3 is 10.1 Å². The van der Waals surface area contributed by atoms with Crippen LogP contribution < -0.4 is 5.32 Å². The standard InChI is InChI=1S/C11H19N3OS/c1-2-12-7-10-9-15-5-4-14(10)8-11-13-3-6-16-11/h3,6,10,12H,2,4-5,7-9H2,1H3. The molecule has 2 rings (SSSR count). The Morgan fingerprint density at radius 1 is 1.69 bits per heavy atom. The lowest BCUT2D eigenvalue weighted by atomic mass is 10.2. The molecule has 1 N–H and O–H groups in total. The van der Waals surface area contributed by atoms with Crippen molar-refractivity contribution in [3.05, 3.63) is 16.6 Å². The number of rotatable bonds is 5. The van der Waals surface area contributed by atoms with E-state index in [1.807, 2.05) is 11.6 Å². The van der Waals surface area contributed by atoms with E-state index in [4.69, 9.17) is 4.74 Å². The maximum absolute atomic E-state index is 5.53. The molecule has 1 atom stereocenters. The van der Waals surface area contributed by atoms with Crippen LogP contribution in [0.2, 0.25) is 0 Å². The first-order chi connectivity index (χ1) is 7.90. The van der Waals surface area contributed by atoms with E-state index in [1.54, 1.807) is 11.3 Å². The van der Waals surface area contributed by atoms with E-state index in [0.717, 1.165) is 39.4 Å². The lowest BCUT2D eigenvalue weighted by molar-refractivity contribution is -0.0107. The molecule has 2 heterocycles. The fraction of sp³-hybridized carbons (Fsp3) is 0.727. The number of ether oxygens (including phenoxy) is 1. The van der Waals surface area contributed by atoms with Crippen molar-refractivity contribution in [3.8, 4) is 0 Å². The molecule has 0 aliphatic carbocycles. The highest BCUT2D eigenvalue weighted by Gasteiger charge is 2.22. The number of nitrogens with one attached hydrogen (secondary N) is 1. The first-order valence-electron chi connectivity index (χ1n) is 5.81. The zero-order chi connectivity index (χ0) is 11.2. The maximum Gasteiger partial charge on any atom is 0.107 e. The van der Waals surface area contributed by atoms with Crippen LogP contribution in [0.25, 0.3) is 0 Å². The zero-order valence-electron chi connectivity index (χ0n) is 9.69. The van der Waals surface area contributed by atoms with E-state index >= 15 is 0 Å². The summed E-state index contributed by atoms with van der Waals surface area (Å²) >= 11 is 1.73. The molecular formula is C11H19N3OS. The number of morpholine rings is 1. The van der Waals surface area contributed by atoms with Gasteiger partial charge in [0.05, 0.1) is 19.8 Å². The second-order valence-corrected chi connectivity index (χ2v) is 4.91. The van der Waals surface area contributed by atoms with Gasteiger partial charge in [-0.25, -0.2) is 4.98 Å². The summed E-state index contributed by atoms with van der Waals surface area (Å²) in [7, 11) is 0. The topological polar surface area (TPSA) is 37.4 Å². The molecule has 1 aromatic rings. The van der Waals surface area contributed by atoms with Crippen molar-refractivity contribution in [1.82, 2.24) is 15.2 Å². The molecule has 0 amide bonds. The SMILES string of the molecule is CCNCC1COCCN1Cc1nccs1. The molecule has 1 fully saturated rings. The van der Waals surface area contributed by atoms with Gasteiger partial charge in [-0.2, -0.15) is 0 Å². The third-order valence-corrected chi connectivity index (χ3v) is 3.57. The molecule has 16 heavy (non-hydrogen) atoms. The van der Waals surface area contributed by atoms with Gasteiger partial charge in [-0.05, 0) is 6.54 Å². The van der Waals surface area contributed by atoms with Gasteiger partial charge >= 0.3 is 0 Å². The highest BCUT2D eigenvalue weighted by molar-refractivity contribution is 7.09. The molecule has 1 aliphatic heterocycles. The molecule has 1 aliphatic rings. The summed E-state index contributed by atoms with van der Waals surface area (Å²) in [6.07, 6.45) is 1.87. The molecule has 0 aromatic carbocycles. The van der Waals surface area contributed by atoms with Crippen LogP contribution in [0.4, 0.5) is 0 Å². The van der Waals surface area contributed by atoms with Crippen molar-refractivity contribution in [2.24, 2.45) is 0 Å². The van der Waals surface area contributed by atoms with Gasteiger partial charge in [-0.15, -0.1) is 11.3 Å². The van der Waals surface area contributed by atoms with Crippen molar-refractivity contribution in [2.75, 3.05) is 32.8 Å². The number of likely N-dealkylation sites (N-methyl/N-ethyl adjacent to an activating group) is 1. The third kappa shape index (κ3) is 3.25. The highest BCUT2D eigenvalue weighted by Crippen LogP contribution is 2.13. The predicted molar refractivity (Wildman–Crippen MR) is 65.7 cm³/mol. The fourth-order valence-electron chi connectivity index (χ4n) is 1.90. The summed E-state index contributed by atoms with van der Waals surface area (Å²) in [5.41, 5.74) is 0. The maximum atomic E-state index is 5.53. The van der Waals surface area contributed by atoms with E-state index in [9.17, 15) is 0 Å². The van der Waals surface area contributed by atoms with Crippen LogP contribution in [0, 0.1) is 0 Å². The van der Waals surface area contributed by atoms with Gasteiger partial charge in [0.15, 0.2) is 0 Å². The Morgan fingerprint density at radius 3 is 3.38 bits per heavy atom. The van der Waals surface area contributed by atoms with Crippen molar-refractivity contribution < 1.29 is 4.74 Å². The van der Waals surface area contributed by atoms with Gasteiger partial charge in [-0.3, -0.25) is 4.90 Å². The number of thiazole rings is 1. The van der Waals surface area contributed by atoms with Crippen LogP contribution in [0.15, 0.2) is 11.6 Å². The Hall–Kier alpha value is -0.490. The highest BCUT2D eigenvalue weighted by atomic mass is 32.1. The Labute approximate surface area is 101 Å². The van der Waals surface area contributed by atoms with E-state index in [1.165, 1.54) is 5.01 Å². The number of hydrogen-bond acceptors (Lipinski definition) is 5. The molecule has 90 valence electrons. The predicted octanol–water partition coefficient (Wildman–Crippen LogP) is 0.953. The first-order valence-corrected chi connectivity index (χ1v) is 6.69. The first kappa shape index (κ1) is 12.0. The second kappa shape index (κ2) is 6.30. The molecule has 0 radical (unpaired) electrons.